The molecular formula is C20H27N5O3. The SMILES string of the molecule is Cc1nn(C)cc1[C@H](C)NC(=O)c1ccc(=O)n(CC(=O)N2CCCCC2)c1. The number of carbonyl (C=O) groups is 2. The maximum atomic E-state index is 12.6. The molecule has 8 heteroatoms. The lowest BCUT2D eigenvalue weighted by molar-refractivity contribution is -0.132. The van der Waals surface area contributed by atoms with Gasteiger partial charge in [0.2, 0.25) is 5.91 Å². The first kappa shape index (κ1) is 19.9. The summed E-state index contributed by atoms with van der Waals surface area (Å²) in [4.78, 5) is 39.0. The molecule has 0 aliphatic carbocycles. The van der Waals surface area contributed by atoms with Gasteiger partial charge in [-0.2, -0.15) is 5.10 Å². The number of nitrogens with one attached hydrogen (secondary N) is 1. The Labute approximate surface area is 164 Å². The van der Waals surface area contributed by atoms with E-state index >= 15 is 0 Å². The number of hydrogen-bond donors (Lipinski definition) is 1. The number of piperidine rings is 1. The molecule has 0 bridgehead atoms. The second-order valence-corrected chi connectivity index (χ2v) is 7.36. The monoisotopic (exact) mass is 385 g/mol. The third-order valence-electron chi connectivity index (χ3n) is 5.13. The highest BCUT2D eigenvalue weighted by Gasteiger charge is 2.19. The Morgan fingerprint density at radius 3 is 2.54 bits per heavy atom. The summed E-state index contributed by atoms with van der Waals surface area (Å²) in [5.41, 5.74) is 1.84. The smallest absolute Gasteiger partial charge is 0.253 e. The van der Waals surface area contributed by atoms with Gasteiger partial charge in [-0.1, -0.05) is 0 Å². The van der Waals surface area contributed by atoms with E-state index in [1.54, 1.807) is 9.58 Å². The van der Waals surface area contributed by atoms with E-state index in [0.29, 0.717) is 5.56 Å². The van der Waals surface area contributed by atoms with Gasteiger partial charge in [0.25, 0.3) is 11.5 Å². The van der Waals surface area contributed by atoms with Crippen molar-refractivity contribution in [3.05, 3.63) is 51.7 Å². The van der Waals surface area contributed by atoms with Crippen molar-refractivity contribution in [1.29, 1.82) is 0 Å². The van der Waals surface area contributed by atoms with Crippen molar-refractivity contribution in [2.75, 3.05) is 13.1 Å². The van der Waals surface area contributed by atoms with Crippen molar-refractivity contribution in [3.63, 3.8) is 0 Å². The third kappa shape index (κ3) is 4.49. The summed E-state index contributed by atoms with van der Waals surface area (Å²) in [5.74, 6) is -0.381. The van der Waals surface area contributed by atoms with E-state index in [0.717, 1.165) is 43.6 Å². The molecule has 3 rings (SSSR count). The van der Waals surface area contributed by atoms with E-state index < -0.39 is 0 Å². The molecule has 150 valence electrons. The highest BCUT2D eigenvalue weighted by molar-refractivity contribution is 5.94. The van der Waals surface area contributed by atoms with Crippen LogP contribution < -0.4 is 10.9 Å². The van der Waals surface area contributed by atoms with Crippen LogP contribution in [0.4, 0.5) is 0 Å². The summed E-state index contributed by atoms with van der Waals surface area (Å²) in [7, 11) is 1.83. The zero-order valence-electron chi connectivity index (χ0n) is 16.6. The molecule has 0 radical (unpaired) electrons. The van der Waals surface area contributed by atoms with Crippen molar-refractivity contribution in [1.82, 2.24) is 24.6 Å². The first-order valence-corrected chi connectivity index (χ1v) is 9.64. The molecule has 1 saturated heterocycles. The number of amides is 2. The van der Waals surface area contributed by atoms with Gasteiger partial charge in [-0.3, -0.25) is 19.1 Å². The van der Waals surface area contributed by atoms with Crippen molar-refractivity contribution in [2.45, 2.75) is 45.7 Å². The molecule has 1 aliphatic rings. The van der Waals surface area contributed by atoms with Gasteiger partial charge < -0.3 is 14.8 Å². The molecule has 28 heavy (non-hydrogen) atoms. The predicted octanol–water partition coefficient (Wildman–Crippen LogP) is 1.39. The summed E-state index contributed by atoms with van der Waals surface area (Å²) in [6.07, 6.45) is 6.46. The Bertz CT molecular complexity index is 924. The van der Waals surface area contributed by atoms with E-state index in [2.05, 4.69) is 10.4 Å². The molecular weight excluding hydrogens is 358 g/mol. The summed E-state index contributed by atoms with van der Waals surface area (Å²) >= 11 is 0. The van der Waals surface area contributed by atoms with Gasteiger partial charge in [0.05, 0.1) is 17.3 Å². The summed E-state index contributed by atoms with van der Waals surface area (Å²) in [6.45, 7) is 5.20. The van der Waals surface area contributed by atoms with Crippen molar-refractivity contribution < 1.29 is 9.59 Å². The van der Waals surface area contributed by atoms with Crippen LogP contribution in [-0.2, 0) is 18.4 Å². The number of aryl methyl sites for hydroxylation is 2. The molecule has 0 unspecified atom stereocenters. The molecule has 1 aliphatic heterocycles. The second-order valence-electron chi connectivity index (χ2n) is 7.36. The Morgan fingerprint density at radius 1 is 1.18 bits per heavy atom. The predicted molar refractivity (Wildman–Crippen MR) is 105 cm³/mol. The number of aromatic nitrogens is 3. The van der Waals surface area contributed by atoms with Gasteiger partial charge in [0, 0.05) is 44.2 Å². The number of likely N-dealkylation sites (tertiary alicyclic amines) is 1. The number of hydrogen-bond acceptors (Lipinski definition) is 4. The normalized spacial score (nSPS) is 15.3. The summed E-state index contributed by atoms with van der Waals surface area (Å²) < 4.78 is 3.02. The van der Waals surface area contributed by atoms with Gasteiger partial charge in [-0.15, -0.1) is 0 Å². The molecule has 1 N–H and O–H groups in total. The fourth-order valence-electron chi connectivity index (χ4n) is 3.58. The van der Waals surface area contributed by atoms with Crippen LogP contribution >= 0.6 is 0 Å². The quantitative estimate of drug-likeness (QED) is 0.842. The van der Waals surface area contributed by atoms with E-state index in [1.165, 1.54) is 22.9 Å². The minimum atomic E-state index is -0.296. The fourth-order valence-corrected chi connectivity index (χ4v) is 3.58. The highest BCUT2D eigenvalue weighted by atomic mass is 16.2. The van der Waals surface area contributed by atoms with Crippen molar-refractivity contribution >= 4 is 11.8 Å². The molecule has 2 aromatic rings. The number of rotatable bonds is 5. The average Bonchev–Trinajstić information content (AvgIpc) is 3.02. The standard InChI is InChI=1S/C20H27N5O3/c1-14(17-12-23(3)22-15(17)2)21-20(28)16-7-8-18(26)25(11-16)13-19(27)24-9-5-4-6-10-24/h7-8,11-12,14H,4-6,9-10,13H2,1-3H3,(H,21,28)/t14-/m0/s1. The molecule has 3 heterocycles. The first-order chi connectivity index (χ1) is 13.3. The maximum absolute atomic E-state index is 12.6. The minimum Gasteiger partial charge on any atom is -0.345 e. The largest absolute Gasteiger partial charge is 0.345 e. The maximum Gasteiger partial charge on any atom is 0.253 e. The number of carbonyl (C=O) groups excluding carboxylic acids is 2. The summed E-state index contributed by atoms with van der Waals surface area (Å²) in [5, 5.41) is 7.22. The Balaban J connectivity index is 1.71. The van der Waals surface area contributed by atoms with Crippen molar-refractivity contribution in [2.24, 2.45) is 7.05 Å². The van der Waals surface area contributed by atoms with Gasteiger partial charge >= 0.3 is 0 Å². The van der Waals surface area contributed by atoms with Crippen LogP contribution in [0.2, 0.25) is 0 Å². The lowest BCUT2D eigenvalue weighted by Gasteiger charge is -2.27. The number of nitrogens with zero attached hydrogens (tertiary/aromatic N) is 4. The van der Waals surface area contributed by atoms with Crippen molar-refractivity contribution in [3.8, 4) is 0 Å². The van der Waals surface area contributed by atoms with E-state index in [9.17, 15) is 14.4 Å². The third-order valence-corrected chi connectivity index (χ3v) is 5.13. The second kappa shape index (κ2) is 8.41. The van der Waals surface area contributed by atoms with Gasteiger partial charge in [0.15, 0.2) is 0 Å². The Morgan fingerprint density at radius 2 is 1.89 bits per heavy atom. The highest BCUT2D eigenvalue weighted by Crippen LogP contribution is 2.16. The van der Waals surface area contributed by atoms with E-state index in [-0.39, 0.29) is 30.0 Å². The zero-order valence-corrected chi connectivity index (χ0v) is 16.6. The molecule has 0 saturated carbocycles. The van der Waals surface area contributed by atoms with Crippen LogP contribution in [0.5, 0.6) is 0 Å². The minimum absolute atomic E-state index is 0.0444. The fraction of sp³-hybridized carbons (Fsp3) is 0.500. The molecule has 0 spiro atoms. The molecule has 0 aromatic carbocycles. The zero-order chi connectivity index (χ0) is 20.3. The summed E-state index contributed by atoms with van der Waals surface area (Å²) in [6, 6.07) is 2.59. The molecule has 2 aromatic heterocycles. The van der Waals surface area contributed by atoms with Crippen LogP contribution in [0.15, 0.2) is 29.3 Å². The van der Waals surface area contributed by atoms with Crippen LogP contribution in [0.1, 0.15) is 53.8 Å². The van der Waals surface area contributed by atoms with E-state index in [4.69, 9.17) is 0 Å². The lowest BCUT2D eigenvalue weighted by Crippen LogP contribution is -2.39. The Kier molecular flexibility index (Phi) is 5.96. The number of pyridine rings is 1. The van der Waals surface area contributed by atoms with Crippen LogP contribution in [0, 0.1) is 6.92 Å². The topological polar surface area (TPSA) is 89.2 Å². The lowest BCUT2D eigenvalue weighted by atomic mass is 10.1. The van der Waals surface area contributed by atoms with Gasteiger partial charge in [0.1, 0.15) is 6.54 Å². The molecule has 1 atom stereocenters. The van der Waals surface area contributed by atoms with Crippen LogP contribution in [-0.4, -0.2) is 44.2 Å². The van der Waals surface area contributed by atoms with Gasteiger partial charge in [-0.05, 0) is 39.2 Å². The van der Waals surface area contributed by atoms with Gasteiger partial charge in [-0.25, -0.2) is 0 Å². The average molecular weight is 385 g/mol. The van der Waals surface area contributed by atoms with E-state index in [1.807, 2.05) is 27.1 Å². The van der Waals surface area contributed by atoms with Crippen LogP contribution in [0.25, 0.3) is 0 Å². The molecule has 8 nitrogen and oxygen atoms in total. The molecule has 1 fully saturated rings. The van der Waals surface area contributed by atoms with Crippen LogP contribution in [0.3, 0.4) is 0 Å². The Hall–Kier alpha value is -2.90. The molecule has 2 amide bonds. The first-order valence-electron chi connectivity index (χ1n) is 9.64.